The molecule has 0 aliphatic heterocycles. The van der Waals surface area contributed by atoms with Crippen LogP contribution in [-0.2, 0) is 22.4 Å². The SMILES string of the molecule is CC1(C)CC1CNS(=O)(=O)Cc1ccc(CO)cc1. The second kappa shape index (κ2) is 5.23. The Hall–Kier alpha value is -0.910. The van der Waals surface area contributed by atoms with Crippen LogP contribution in [0.3, 0.4) is 0 Å². The zero-order valence-electron chi connectivity index (χ0n) is 11.4. The van der Waals surface area contributed by atoms with E-state index in [-0.39, 0.29) is 17.8 Å². The molecular weight excluding hydrogens is 262 g/mol. The number of rotatable bonds is 6. The molecular formula is C14H21NO3S. The summed E-state index contributed by atoms with van der Waals surface area (Å²) in [6, 6.07) is 6.97. The van der Waals surface area contributed by atoms with Crippen LogP contribution in [0.4, 0.5) is 0 Å². The minimum absolute atomic E-state index is 0.00808. The van der Waals surface area contributed by atoms with Crippen molar-refractivity contribution in [2.75, 3.05) is 6.54 Å². The van der Waals surface area contributed by atoms with Crippen LogP contribution >= 0.6 is 0 Å². The summed E-state index contributed by atoms with van der Waals surface area (Å²) in [6.07, 6.45) is 1.08. The van der Waals surface area contributed by atoms with E-state index in [1.54, 1.807) is 24.3 Å². The standard InChI is InChI=1S/C14H21NO3S/c1-14(2)7-13(14)8-15-19(17,18)10-12-5-3-11(9-16)4-6-12/h3-6,13,15-16H,7-10H2,1-2H3. The molecule has 0 aromatic heterocycles. The second-order valence-corrected chi connectivity index (χ2v) is 7.78. The van der Waals surface area contributed by atoms with Gasteiger partial charge in [-0.05, 0) is 28.9 Å². The van der Waals surface area contributed by atoms with E-state index in [9.17, 15) is 8.42 Å². The van der Waals surface area contributed by atoms with Crippen molar-refractivity contribution in [1.82, 2.24) is 4.72 Å². The van der Waals surface area contributed by atoms with Crippen molar-refractivity contribution in [2.24, 2.45) is 11.3 Å². The Morgan fingerprint density at radius 2 is 1.79 bits per heavy atom. The number of aliphatic hydroxyl groups excluding tert-OH is 1. The van der Waals surface area contributed by atoms with E-state index in [2.05, 4.69) is 18.6 Å². The van der Waals surface area contributed by atoms with Crippen molar-refractivity contribution in [2.45, 2.75) is 32.6 Å². The molecule has 1 aromatic rings. The summed E-state index contributed by atoms with van der Waals surface area (Å²) in [5.74, 6) is 0.449. The fourth-order valence-electron chi connectivity index (χ4n) is 2.16. The molecule has 2 N–H and O–H groups in total. The van der Waals surface area contributed by atoms with Gasteiger partial charge in [-0.1, -0.05) is 38.1 Å². The molecule has 1 aliphatic carbocycles. The van der Waals surface area contributed by atoms with E-state index < -0.39 is 10.0 Å². The smallest absolute Gasteiger partial charge is 0.215 e. The molecule has 0 spiro atoms. The first-order valence-electron chi connectivity index (χ1n) is 6.48. The third-order valence-corrected chi connectivity index (χ3v) is 5.15. The van der Waals surface area contributed by atoms with Crippen LogP contribution in [0.25, 0.3) is 0 Å². The monoisotopic (exact) mass is 283 g/mol. The average Bonchev–Trinajstić information content (AvgIpc) is 2.95. The van der Waals surface area contributed by atoms with Crippen LogP contribution in [0.5, 0.6) is 0 Å². The van der Waals surface area contributed by atoms with E-state index in [0.29, 0.717) is 12.5 Å². The third-order valence-electron chi connectivity index (χ3n) is 3.83. The Morgan fingerprint density at radius 3 is 2.26 bits per heavy atom. The quantitative estimate of drug-likeness (QED) is 0.834. The second-order valence-electron chi connectivity index (χ2n) is 5.97. The molecule has 1 saturated carbocycles. The minimum Gasteiger partial charge on any atom is -0.392 e. The van der Waals surface area contributed by atoms with Gasteiger partial charge in [-0.3, -0.25) is 0 Å². The highest BCUT2D eigenvalue weighted by molar-refractivity contribution is 7.88. The molecule has 19 heavy (non-hydrogen) atoms. The lowest BCUT2D eigenvalue weighted by Gasteiger charge is -2.08. The van der Waals surface area contributed by atoms with Crippen LogP contribution in [0, 0.1) is 11.3 Å². The van der Waals surface area contributed by atoms with Crippen LogP contribution in [-0.4, -0.2) is 20.1 Å². The Kier molecular flexibility index (Phi) is 3.99. The summed E-state index contributed by atoms with van der Waals surface area (Å²) in [4.78, 5) is 0. The molecule has 1 fully saturated rings. The lowest BCUT2D eigenvalue weighted by atomic mass is 10.1. The molecule has 1 aromatic carbocycles. The lowest BCUT2D eigenvalue weighted by Crippen LogP contribution is -2.28. The average molecular weight is 283 g/mol. The predicted molar refractivity (Wildman–Crippen MR) is 74.9 cm³/mol. The molecule has 1 unspecified atom stereocenters. The maximum atomic E-state index is 11.9. The first-order valence-corrected chi connectivity index (χ1v) is 8.14. The van der Waals surface area contributed by atoms with Gasteiger partial charge in [0.05, 0.1) is 12.4 Å². The first kappa shape index (κ1) is 14.5. The molecule has 0 saturated heterocycles. The molecule has 0 radical (unpaired) electrons. The van der Waals surface area contributed by atoms with E-state index >= 15 is 0 Å². The summed E-state index contributed by atoms with van der Waals surface area (Å²) in [7, 11) is -3.27. The van der Waals surface area contributed by atoms with E-state index in [1.807, 2.05) is 0 Å². The van der Waals surface area contributed by atoms with Gasteiger partial charge in [-0.15, -0.1) is 0 Å². The number of nitrogens with one attached hydrogen (secondary N) is 1. The summed E-state index contributed by atoms with van der Waals surface area (Å²) < 4.78 is 26.6. The third kappa shape index (κ3) is 4.03. The van der Waals surface area contributed by atoms with Crippen molar-refractivity contribution < 1.29 is 13.5 Å². The van der Waals surface area contributed by atoms with Crippen molar-refractivity contribution >= 4 is 10.0 Å². The van der Waals surface area contributed by atoms with Crippen LogP contribution in [0.2, 0.25) is 0 Å². The lowest BCUT2D eigenvalue weighted by molar-refractivity contribution is 0.282. The highest BCUT2D eigenvalue weighted by atomic mass is 32.2. The maximum Gasteiger partial charge on any atom is 0.215 e. The van der Waals surface area contributed by atoms with E-state index in [0.717, 1.165) is 17.5 Å². The fraction of sp³-hybridized carbons (Fsp3) is 0.571. The highest BCUT2D eigenvalue weighted by Gasteiger charge is 2.45. The van der Waals surface area contributed by atoms with Gasteiger partial charge in [0.1, 0.15) is 0 Å². The first-order chi connectivity index (χ1) is 8.82. The van der Waals surface area contributed by atoms with E-state index in [1.165, 1.54) is 0 Å². The molecule has 1 atom stereocenters. The van der Waals surface area contributed by atoms with E-state index in [4.69, 9.17) is 5.11 Å². The fourth-order valence-corrected chi connectivity index (χ4v) is 3.35. The van der Waals surface area contributed by atoms with Gasteiger partial charge in [-0.2, -0.15) is 0 Å². The van der Waals surface area contributed by atoms with Crippen LogP contribution in [0.1, 0.15) is 31.4 Å². The zero-order valence-corrected chi connectivity index (χ0v) is 12.2. The number of aliphatic hydroxyl groups is 1. The van der Waals surface area contributed by atoms with Crippen molar-refractivity contribution in [3.05, 3.63) is 35.4 Å². The Bertz CT molecular complexity index is 534. The van der Waals surface area contributed by atoms with Crippen molar-refractivity contribution in [3.63, 3.8) is 0 Å². The number of benzene rings is 1. The van der Waals surface area contributed by atoms with Gasteiger partial charge in [0.15, 0.2) is 0 Å². The summed E-state index contributed by atoms with van der Waals surface area (Å²) in [5.41, 5.74) is 1.80. The van der Waals surface area contributed by atoms with Gasteiger partial charge >= 0.3 is 0 Å². The Labute approximate surface area is 114 Å². The molecule has 2 rings (SSSR count). The molecule has 0 amide bonds. The molecule has 1 aliphatic rings. The molecule has 4 nitrogen and oxygen atoms in total. The van der Waals surface area contributed by atoms with Crippen molar-refractivity contribution in [1.29, 1.82) is 0 Å². The Balaban J connectivity index is 1.89. The van der Waals surface area contributed by atoms with Gasteiger partial charge in [0.2, 0.25) is 10.0 Å². The molecule has 106 valence electrons. The van der Waals surface area contributed by atoms with Crippen LogP contribution < -0.4 is 4.72 Å². The largest absolute Gasteiger partial charge is 0.392 e. The number of hydrogen-bond donors (Lipinski definition) is 2. The summed E-state index contributed by atoms with van der Waals surface area (Å²) in [5, 5.41) is 8.93. The van der Waals surface area contributed by atoms with Gasteiger partial charge in [-0.25, -0.2) is 13.1 Å². The number of sulfonamides is 1. The zero-order chi connectivity index (χ0) is 14.1. The van der Waals surface area contributed by atoms with Gasteiger partial charge in [0.25, 0.3) is 0 Å². The molecule has 0 heterocycles. The van der Waals surface area contributed by atoms with Crippen LogP contribution in [0.15, 0.2) is 24.3 Å². The predicted octanol–water partition coefficient (Wildman–Crippen LogP) is 1.64. The minimum atomic E-state index is -3.27. The summed E-state index contributed by atoms with van der Waals surface area (Å²) >= 11 is 0. The molecule has 5 heteroatoms. The van der Waals surface area contributed by atoms with Crippen molar-refractivity contribution in [3.8, 4) is 0 Å². The van der Waals surface area contributed by atoms with Gasteiger partial charge in [0, 0.05) is 6.54 Å². The topological polar surface area (TPSA) is 66.4 Å². The number of hydrogen-bond acceptors (Lipinski definition) is 3. The normalized spacial score (nSPS) is 21.3. The maximum absolute atomic E-state index is 11.9. The molecule has 0 bridgehead atoms. The highest BCUT2D eigenvalue weighted by Crippen LogP contribution is 2.51. The van der Waals surface area contributed by atoms with Gasteiger partial charge < -0.3 is 5.11 Å². The Morgan fingerprint density at radius 1 is 1.26 bits per heavy atom. The summed E-state index contributed by atoms with van der Waals surface area (Å²) in [6.45, 7) is 4.81.